The van der Waals surface area contributed by atoms with Gasteiger partial charge in [-0.05, 0) is 54.1 Å². The van der Waals surface area contributed by atoms with E-state index in [4.69, 9.17) is 0 Å². The van der Waals surface area contributed by atoms with Crippen LogP contribution < -0.4 is 15.8 Å². The van der Waals surface area contributed by atoms with Crippen LogP contribution in [-0.4, -0.2) is 21.4 Å². The van der Waals surface area contributed by atoms with Crippen LogP contribution in [0.4, 0.5) is 20.3 Å². The van der Waals surface area contributed by atoms with Gasteiger partial charge in [-0.25, -0.2) is 13.8 Å². The van der Waals surface area contributed by atoms with Gasteiger partial charge in [-0.1, -0.05) is 24.3 Å². The summed E-state index contributed by atoms with van der Waals surface area (Å²) < 4.78 is 27.7. The van der Waals surface area contributed by atoms with Gasteiger partial charge in [-0.2, -0.15) is 0 Å². The Morgan fingerprint density at radius 3 is 2.21 bits per heavy atom. The fraction of sp³-hybridized carbons (Fsp3) is 0.120. The second-order valence-corrected chi connectivity index (χ2v) is 7.60. The monoisotopic (exact) mass is 462 g/mol. The van der Waals surface area contributed by atoms with Crippen molar-refractivity contribution in [3.63, 3.8) is 0 Å². The molecule has 0 fully saturated rings. The summed E-state index contributed by atoms with van der Waals surface area (Å²) in [5.74, 6) is -1.96. The SMILES string of the molecule is CC(=O)N(Cc1ccc(F)cc1)c1nc2ccccc2n(CC(=O)Nc2ccc(F)cc2)c1=O. The van der Waals surface area contributed by atoms with Gasteiger partial charge in [0.05, 0.1) is 17.6 Å². The van der Waals surface area contributed by atoms with E-state index in [9.17, 15) is 23.2 Å². The molecule has 7 nitrogen and oxygen atoms in total. The number of nitrogens with zero attached hydrogens (tertiary/aromatic N) is 3. The number of halogens is 2. The highest BCUT2D eigenvalue weighted by atomic mass is 19.1. The largest absolute Gasteiger partial charge is 0.325 e. The Morgan fingerprint density at radius 1 is 0.941 bits per heavy atom. The summed E-state index contributed by atoms with van der Waals surface area (Å²) in [6.45, 7) is 0.942. The summed E-state index contributed by atoms with van der Waals surface area (Å²) in [6, 6.07) is 17.5. The summed E-state index contributed by atoms with van der Waals surface area (Å²) in [4.78, 5) is 44.2. The zero-order valence-electron chi connectivity index (χ0n) is 18.2. The van der Waals surface area contributed by atoms with Crippen LogP contribution in [0.2, 0.25) is 0 Å². The van der Waals surface area contributed by atoms with Gasteiger partial charge in [0.25, 0.3) is 5.56 Å². The molecule has 4 rings (SSSR count). The van der Waals surface area contributed by atoms with Crippen LogP contribution in [0.1, 0.15) is 12.5 Å². The lowest BCUT2D eigenvalue weighted by Gasteiger charge is -2.21. The number of para-hydroxylation sites is 2. The van der Waals surface area contributed by atoms with Crippen molar-refractivity contribution in [2.75, 3.05) is 10.2 Å². The number of nitrogens with one attached hydrogen (secondary N) is 1. The van der Waals surface area contributed by atoms with Gasteiger partial charge in [0.15, 0.2) is 0 Å². The first kappa shape index (κ1) is 22.8. The molecule has 1 heterocycles. The van der Waals surface area contributed by atoms with E-state index in [0.29, 0.717) is 22.3 Å². The fourth-order valence-corrected chi connectivity index (χ4v) is 3.50. The van der Waals surface area contributed by atoms with E-state index in [1.807, 2.05) is 0 Å². The van der Waals surface area contributed by atoms with Crippen LogP contribution in [0.15, 0.2) is 77.6 Å². The Kier molecular flexibility index (Phi) is 6.44. The molecule has 2 amide bonds. The Labute approximate surface area is 193 Å². The molecule has 0 saturated carbocycles. The smallest absolute Gasteiger partial charge is 0.294 e. The second-order valence-electron chi connectivity index (χ2n) is 7.60. The molecular formula is C25H20F2N4O3. The minimum atomic E-state index is -0.634. The number of hydrogen-bond acceptors (Lipinski definition) is 4. The van der Waals surface area contributed by atoms with Crippen molar-refractivity contribution in [1.82, 2.24) is 9.55 Å². The van der Waals surface area contributed by atoms with Crippen molar-refractivity contribution in [2.45, 2.75) is 20.0 Å². The normalized spacial score (nSPS) is 10.8. The number of aromatic nitrogens is 2. The van der Waals surface area contributed by atoms with Crippen LogP contribution in [0.3, 0.4) is 0 Å². The molecule has 34 heavy (non-hydrogen) atoms. The maximum atomic E-state index is 13.4. The Morgan fingerprint density at radius 2 is 1.56 bits per heavy atom. The third kappa shape index (κ3) is 4.98. The number of hydrogen-bond donors (Lipinski definition) is 1. The molecule has 9 heteroatoms. The van der Waals surface area contributed by atoms with Crippen molar-refractivity contribution in [1.29, 1.82) is 0 Å². The predicted octanol–water partition coefficient (Wildman–Crippen LogP) is 3.87. The third-order valence-corrected chi connectivity index (χ3v) is 5.15. The molecule has 0 radical (unpaired) electrons. The van der Waals surface area contributed by atoms with Crippen LogP contribution in [0, 0.1) is 11.6 Å². The number of anilines is 2. The zero-order chi connectivity index (χ0) is 24.2. The number of fused-ring (bicyclic) bond motifs is 1. The van der Waals surface area contributed by atoms with E-state index in [-0.39, 0.29) is 18.9 Å². The molecule has 3 aromatic carbocycles. The molecule has 4 aromatic rings. The second kappa shape index (κ2) is 9.62. The summed E-state index contributed by atoms with van der Waals surface area (Å²) in [5, 5.41) is 2.62. The number of carbonyl (C=O) groups is 2. The Balaban J connectivity index is 1.73. The van der Waals surface area contributed by atoms with Crippen LogP contribution in [-0.2, 0) is 22.7 Å². The topological polar surface area (TPSA) is 84.3 Å². The first-order chi connectivity index (χ1) is 16.3. The molecule has 1 aromatic heterocycles. The van der Waals surface area contributed by atoms with Crippen LogP contribution >= 0.6 is 0 Å². The molecule has 0 aliphatic heterocycles. The quantitative estimate of drug-likeness (QED) is 0.472. The molecule has 0 atom stereocenters. The summed E-state index contributed by atoms with van der Waals surface area (Å²) in [6.07, 6.45) is 0. The summed E-state index contributed by atoms with van der Waals surface area (Å²) in [7, 11) is 0. The van der Waals surface area contributed by atoms with Gasteiger partial charge < -0.3 is 5.32 Å². The molecule has 0 saturated heterocycles. The molecule has 0 aliphatic carbocycles. The van der Waals surface area contributed by atoms with Gasteiger partial charge in [-0.15, -0.1) is 0 Å². The van der Waals surface area contributed by atoms with Crippen LogP contribution in [0.5, 0.6) is 0 Å². The van der Waals surface area contributed by atoms with Gasteiger partial charge in [0.1, 0.15) is 18.2 Å². The summed E-state index contributed by atoms with van der Waals surface area (Å²) >= 11 is 0. The Bertz CT molecular complexity index is 1420. The van der Waals surface area contributed by atoms with E-state index in [1.165, 1.54) is 64.9 Å². The van der Waals surface area contributed by atoms with Crippen molar-refractivity contribution in [3.05, 3.63) is 100 Å². The molecular weight excluding hydrogens is 442 g/mol. The van der Waals surface area contributed by atoms with Crippen molar-refractivity contribution in [2.24, 2.45) is 0 Å². The highest BCUT2D eigenvalue weighted by molar-refractivity contribution is 5.93. The average Bonchev–Trinajstić information content (AvgIpc) is 2.82. The first-order valence-corrected chi connectivity index (χ1v) is 10.4. The highest BCUT2D eigenvalue weighted by Crippen LogP contribution is 2.18. The van der Waals surface area contributed by atoms with E-state index >= 15 is 0 Å². The van der Waals surface area contributed by atoms with Crippen molar-refractivity contribution < 1.29 is 18.4 Å². The van der Waals surface area contributed by atoms with E-state index < -0.39 is 29.0 Å². The number of amides is 2. The standard InChI is InChI=1S/C25H20F2N4O3/c1-16(32)30(14-17-6-8-18(26)9-7-17)24-25(34)31(22-5-3-2-4-21(22)29-24)15-23(33)28-20-12-10-19(27)11-13-20/h2-13H,14-15H2,1H3,(H,28,33). The van der Waals surface area contributed by atoms with E-state index in [2.05, 4.69) is 10.3 Å². The lowest BCUT2D eigenvalue weighted by Crippen LogP contribution is -2.38. The number of benzene rings is 3. The van der Waals surface area contributed by atoms with Gasteiger partial charge in [0, 0.05) is 12.6 Å². The van der Waals surface area contributed by atoms with Gasteiger partial charge in [-0.3, -0.25) is 23.9 Å². The first-order valence-electron chi connectivity index (χ1n) is 10.4. The molecule has 0 unspecified atom stereocenters. The van der Waals surface area contributed by atoms with Crippen molar-refractivity contribution in [3.8, 4) is 0 Å². The number of rotatable bonds is 6. The predicted molar refractivity (Wildman–Crippen MR) is 124 cm³/mol. The molecule has 0 spiro atoms. The van der Waals surface area contributed by atoms with Gasteiger partial charge >= 0.3 is 0 Å². The highest BCUT2D eigenvalue weighted by Gasteiger charge is 2.22. The van der Waals surface area contributed by atoms with E-state index in [0.717, 1.165) is 0 Å². The molecule has 172 valence electrons. The lowest BCUT2D eigenvalue weighted by atomic mass is 10.2. The molecule has 1 N–H and O–H groups in total. The molecule has 0 bridgehead atoms. The fourth-order valence-electron chi connectivity index (χ4n) is 3.50. The summed E-state index contributed by atoms with van der Waals surface area (Å²) in [5.41, 5.74) is 1.17. The zero-order valence-corrected chi connectivity index (χ0v) is 18.2. The van der Waals surface area contributed by atoms with Crippen LogP contribution in [0.25, 0.3) is 11.0 Å². The third-order valence-electron chi connectivity index (χ3n) is 5.15. The Hall–Kier alpha value is -4.40. The molecule has 0 aliphatic rings. The van der Waals surface area contributed by atoms with Gasteiger partial charge in [0.2, 0.25) is 17.6 Å². The minimum Gasteiger partial charge on any atom is -0.325 e. The maximum absolute atomic E-state index is 13.4. The number of carbonyl (C=O) groups excluding carboxylic acids is 2. The van der Waals surface area contributed by atoms with Crippen molar-refractivity contribution >= 4 is 34.4 Å². The lowest BCUT2D eigenvalue weighted by molar-refractivity contribution is -0.117. The maximum Gasteiger partial charge on any atom is 0.294 e. The minimum absolute atomic E-state index is 0.00201. The van der Waals surface area contributed by atoms with E-state index in [1.54, 1.807) is 24.3 Å². The average molecular weight is 462 g/mol.